The van der Waals surface area contributed by atoms with E-state index < -0.39 is 23.4 Å². The fourth-order valence-corrected chi connectivity index (χ4v) is 3.74. The molecule has 0 bridgehead atoms. The summed E-state index contributed by atoms with van der Waals surface area (Å²) in [5, 5.41) is 5.57. The number of H-pyrrole nitrogens is 1. The average Bonchev–Trinajstić information content (AvgIpc) is 3.23. The molecule has 3 atom stereocenters. The number of nitrogens with zero attached hydrogens (tertiary/aromatic N) is 1. The second kappa shape index (κ2) is 15.1. The summed E-state index contributed by atoms with van der Waals surface area (Å²) in [5.74, 6) is 4.50. The van der Waals surface area contributed by atoms with E-state index in [1.54, 1.807) is 14.2 Å². The molecule has 35 heavy (non-hydrogen) atoms. The Hall–Kier alpha value is -2.94. The molecule has 2 amide bonds. The van der Waals surface area contributed by atoms with Gasteiger partial charge in [0.05, 0.1) is 12.7 Å². The molecule has 1 aromatic rings. The van der Waals surface area contributed by atoms with Crippen LogP contribution in [-0.4, -0.2) is 67.5 Å². The van der Waals surface area contributed by atoms with Crippen molar-refractivity contribution in [3.63, 3.8) is 0 Å². The Labute approximate surface area is 204 Å². The Kier molecular flexibility index (Phi) is 12.2. The molecule has 2 rings (SSSR count). The highest BCUT2D eigenvalue weighted by Crippen LogP contribution is 2.29. The molecule has 1 saturated heterocycles. The van der Waals surface area contributed by atoms with Gasteiger partial charge in [-0.05, 0) is 25.2 Å². The van der Waals surface area contributed by atoms with Crippen molar-refractivity contribution in [3.05, 3.63) is 32.6 Å². The molecule has 1 aromatic heterocycles. The standard InChI is InChI=1S/C24H36N4O7/c1-4-9-20(29)25-12-7-5-6-8-13-26-21(30)11-10-17-15-28(24(32)27-23(17)31)22-14-18(34-3)19(35-22)16-33-2/h15,18-19,22H,4-9,12-14,16H2,1-3H3,(H,25,29)(H,26,30)(H,27,31,32). The number of unbranched alkanes of at least 4 members (excludes halogenated alkanes) is 3. The van der Waals surface area contributed by atoms with Gasteiger partial charge in [-0.1, -0.05) is 19.8 Å². The zero-order chi connectivity index (χ0) is 25.6. The minimum atomic E-state index is -0.674. The Bertz CT molecular complexity index is 1010. The smallest absolute Gasteiger partial charge is 0.330 e. The van der Waals surface area contributed by atoms with E-state index in [4.69, 9.17) is 14.2 Å². The van der Waals surface area contributed by atoms with Crippen LogP contribution in [0.2, 0.25) is 0 Å². The summed E-state index contributed by atoms with van der Waals surface area (Å²) in [7, 11) is 3.10. The predicted octanol–water partition coefficient (Wildman–Crippen LogP) is 0.430. The summed E-state index contributed by atoms with van der Waals surface area (Å²) < 4.78 is 17.6. The molecule has 11 heteroatoms. The monoisotopic (exact) mass is 492 g/mol. The van der Waals surface area contributed by atoms with Crippen molar-refractivity contribution in [3.8, 4) is 11.8 Å². The van der Waals surface area contributed by atoms with Crippen LogP contribution in [0.3, 0.4) is 0 Å². The van der Waals surface area contributed by atoms with Crippen molar-refractivity contribution in [1.82, 2.24) is 20.2 Å². The molecule has 0 aromatic carbocycles. The van der Waals surface area contributed by atoms with Gasteiger partial charge in [0.25, 0.3) is 11.5 Å². The van der Waals surface area contributed by atoms with Gasteiger partial charge >= 0.3 is 5.69 Å². The zero-order valence-electron chi connectivity index (χ0n) is 20.7. The third-order valence-corrected chi connectivity index (χ3v) is 5.59. The molecule has 11 nitrogen and oxygen atoms in total. The number of carbonyl (C=O) groups is 2. The summed E-state index contributed by atoms with van der Waals surface area (Å²) in [6, 6.07) is 0. The minimum Gasteiger partial charge on any atom is -0.382 e. The van der Waals surface area contributed by atoms with E-state index in [1.165, 1.54) is 10.8 Å². The maximum absolute atomic E-state index is 12.3. The minimum absolute atomic E-state index is 0.0161. The molecule has 0 spiro atoms. The number of aromatic amines is 1. The third-order valence-electron chi connectivity index (χ3n) is 5.59. The summed E-state index contributed by atoms with van der Waals surface area (Å²) >= 11 is 0. The van der Waals surface area contributed by atoms with Gasteiger partial charge in [0.2, 0.25) is 5.91 Å². The quantitative estimate of drug-likeness (QED) is 0.268. The number of hydrogen-bond donors (Lipinski definition) is 3. The maximum atomic E-state index is 12.3. The largest absolute Gasteiger partial charge is 0.382 e. The summed E-state index contributed by atoms with van der Waals surface area (Å²) in [4.78, 5) is 50.1. The lowest BCUT2D eigenvalue weighted by Gasteiger charge is -2.16. The average molecular weight is 493 g/mol. The summed E-state index contributed by atoms with van der Waals surface area (Å²) in [5.41, 5.74) is -1.32. The number of aromatic nitrogens is 2. The highest BCUT2D eigenvalue weighted by Gasteiger charge is 2.37. The molecule has 3 unspecified atom stereocenters. The first-order valence-corrected chi connectivity index (χ1v) is 12.0. The van der Waals surface area contributed by atoms with Crippen molar-refractivity contribution < 1.29 is 23.8 Å². The molecule has 1 aliphatic heterocycles. The van der Waals surface area contributed by atoms with E-state index in [0.717, 1.165) is 32.1 Å². The Balaban J connectivity index is 1.83. The second-order valence-electron chi connectivity index (χ2n) is 8.32. The van der Waals surface area contributed by atoms with Crippen LogP contribution < -0.4 is 21.9 Å². The first-order valence-electron chi connectivity index (χ1n) is 12.0. The number of nitrogens with one attached hydrogen (secondary N) is 3. The van der Waals surface area contributed by atoms with Gasteiger partial charge in [-0.3, -0.25) is 23.9 Å². The van der Waals surface area contributed by atoms with Gasteiger partial charge < -0.3 is 24.8 Å². The van der Waals surface area contributed by atoms with Crippen LogP contribution in [0, 0.1) is 11.8 Å². The van der Waals surface area contributed by atoms with Gasteiger partial charge in [0.15, 0.2) is 0 Å². The van der Waals surface area contributed by atoms with Crippen molar-refractivity contribution >= 4 is 11.8 Å². The Morgan fingerprint density at radius 2 is 1.89 bits per heavy atom. The van der Waals surface area contributed by atoms with E-state index in [2.05, 4.69) is 27.5 Å². The topological polar surface area (TPSA) is 141 Å². The molecule has 194 valence electrons. The maximum Gasteiger partial charge on any atom is 0.330 e. The zero-order valence-corrected chi connectivity index (χ0v) is 20.7. The Morgan fingerprint density at radius 1 is 1.17 bits per heavy atom. The third kappa shape index (κ3) is 9.32. The molecule has 0 radical (unpaired) electrons. The summed E-state index contributed by atoms with van der Waals surface area (Å²) in [6.45, 7) is 3.39. The normalized spacial score (nSPS) is 19.1. The van der Waals surface area contributed by atoms with E-state index in [9.17, 15) is 19.2 Å². The first kappa shape index (κ1) is 28.3. The fraction of sp³-hybridized carbons (Fsp3) is 0.667. The molecule has 1 aliphatic rings. The van der Waals surface area contributed by atoms with Gasteiger partial charge in [-0.25, -0.2) is 4.79 Å². The van der Waals surface area contributed by atoms with Crippen LogP contribution in [0.25, 0.3) is 0 Å². The highest BCUT2D eigenvalue weighted by molar-refractivity contribution is 5.93. The molecular weight excluding hydrogens is 456 g/mol. The van der Waals surface area contributed by atoms with Gasteiger partial charge in [0, 0.05) is 52.3 Å². The SMILES string of the molecule is CCCC(=O)NCCCCCCNC(=O)C#Cc1cn(C2CC(OC)C(COC)O2)c(=O)[nH]c1=O. The van der Waals surface area contributed by atoms with Crippen LogP contribution in [0.15, 0.2) is 15.8 Å². The highest BCUT2D eigenvalue weighted by atomic mass is 16.6. The second-order valence-corrected chi connectivity index (χ2v) is 8.32. The van der Waals surface area contributed by atoms with E-state index in [1.807, 2.05) is 6.92 Å². The summed E-state index contributed by atoms with van der Waals surface area (Å²) in [6.07, 6.45) is 5.35. The molecule has 2 heterocycles. The molecular formula is C24H36N4O7. The molecule has 3 N–H and O–H groups in total. The van der Waals surface area contributed by atoms with E-state index >= 15 is 0 Å². The van der Waals surface area contributed by atoms with Crippen molar-refractivity contribution in [2.24, 2.45) is 0 Å². The number of hydrogen-bond acceptors (Lipinski definition) is 7. The number of ether oxygens (including phenoxy) is 3. The van der Waals surface area contributed by atoms with Crippen molar-refractivity contribution in [2.45, 2.75) is 70.3 Å². The van der Waals surface area contributed by atoms with Gasteiger partial charge in [-0.2, -0.15) is 0 Å². The van der Waals surface area contributed by atoms with Crippen LogP contribution in [0.1, 0.15) is 63.7 Å². The number of amides is 2. The van der Waals surface area contributed by atoms with E-state index in [0.29, 0.717) is 32.5 Å². The fourth-order valence-electron chi connectivity index (χ4n) is 3.74. The molecule has 0 aliphatic carbocycles. The van der Waals surface area contributed by atoms with Crippen LogP contribution in [0.5, 0.6) is 0 Å². The molecule has 0 saturated carbocycles. The number of rotatable bonds is 13. The number of methoxy groups -OCH3 is 2. The van der Waals surface area contributed by atoms with Crippen molar-refractivity contribution in [2.75, 3.05) is 33.9 Å². The van der Waals surface area contributed by atoms with Crippen LogP contribution in [-0.2, 0) is 23.8 Å². The van der Waals surface area contributed by atoms with Gasteiger partial charge in [0.1, 0.15) is 17.9 Å². The van der Waals surface area contributed by atoms with Gasteiger partial charge in [-0.15, -0.1) is 0 Å². The predicted molar refractivity (Wildman–Crippen MR) is 129 cm³/mol. The Morgan fingerprint density at radius 3 is 2.54 bits per heavy atom. The van der Waals surface area contributed by atoms with E-state index in [-0.39, 0.29) is 23.7 Å². The lowest BCUT2D eigenvalue weighted by molar-refractivity contribution is -0.121. The molecule has 1 fully saturated rings. The first-order chi connectivity index (χ1) is 16.9. The van der Waals surface area contributed by atoms with Crippen LogP contribution >= 0.6 is 0 Å². The lowest BCUT2D eigenvalue weighted by atomic mass is 10.2. The van der Waals surface area contributed by atoms with Crippen LogP contribution in [0.4, 0.5) is 0 Å². The lowest BCUT2D eigenvalue weighted by Crippen LogP contribution is -2.34. The number of carbonyl (C=O) groups excluding carboxylic acids is 2. The van der Waals surface area contributed by atoms with Crippen molar-refractivity contribution in [1.29, 1.82) is 0 Å².